The maximum atomic E-state index is 14.0. The van der Waals surface area contributed by atoms with Gasteiger partial charge in [0.1, 0.15) is 17.5 Å². The quantitative estimate of drug-likeness (QED) is 0.544. The fourth-order valence-corrected chi connectivity index (χ4v) is 4.35. The van der Waals surface area contributed by atoms with Crippen molar-refractivity contribution in [1.29, 1.82) is 0 Å². The number of rotatable bonds is 4. The first kappa shape index (κ1) is 20.5. The average Bonchev–Trinajstić information content (AvgIpc) is 3.32. The van der Waals surface area contributed by atoms with Gasteiger partial charge in [0.15, 0.2) is 6.10 Å². The van der Waals surface area contributed by atoms with Gasteiger partial charge in [-0.05, 0) is 48.0 Å². The van der Waals surface area contributed by atoms with Crippen molar-refractivity contribution in [3.63, 3.8) is 0 Å². The van der Waals surface area contributed by atoms with E-state index in [0.29, 0.717) is 11.4 Å². The van der Waals surface area contributed by atoms with Crippen molar-refractivity contribution in [2.45, 2.75) is 12.1 Å². The number of benzene rings is 3. The van der Waals surface area contributed by atoms with Crippen LogP contribution in [0, 0.1) is 11.7 Å². The van der Waals surface area contributed by atoms with E-state index < -0.39 is 35.7 Å². The number of hydroxylamine groups is 1. The molecule has 0 N–H and O–H groups in total. The molecule has 3 aromatic rings. The van der Waals surface area contributed by atoms with Crippen LogP contribution < -0.4 is 14.7 Å². The third-order valence-electron chi connectivity index (χ3n) is 5.74. The molecule has 0 aliphatic carbocycles. The Kier molecular flexibility index (Phi) is 5.07. The molecular formula is C24H18ClFN2O4. The summed E-state index contributed by atoms with van der Waals surface area (Å²) in [5.41, 5.74) is 1.63. The van der Waals surface area contributed by atoms with Gasteiger partial charge in [-0.3, -0.25) is 14.4 Å². The maximum Gasteiger partial charge on any atom is 0.266 e. The highest BCUT2D eigenvalue weighted by Gasteiger charge is 2.60. The summed E-state index contributed by atoms with van der Waals surface area (Å²) in [5.74, 6) is -1.83. The van der Waals surface area contributed by atoms with Crippen molar-refractivity contribution < 1.29 is 23.6 Å². The van der Waals surface area contributed by atoms with Gasteiger partial charge in [-0.15, -0.1) is 0 Å². The Morgan fingerprint density at radius 1 is 0.938 bits per heavy atom. The van der Waals surface area contributed by atoms with Crippen LogP contribution in [-0.4, -0.2) is 25.0 Å². The minimum Gasteiger partial charge on any atom is -0.497 e. The van der Waals surface area contributed by atoms with Crippen LogP contribution in [0.25, 0.3) is 0 Å². The van der Waals surface area contributed by atoms with Crippen LogP contribution in [-0.2, 0) is 14.4 Å². The molecule has 6 nitrogen and oxygen atoms in total. The molecule has 32 heavy (non-hydrogen) atoms. The van der Waals surface area contributed by atoms with E-state index in [1.54, 1.807) is 36.4 Å². The van der Waals surface area contributed by atoms with E-state index in [1.807, 2.05) is 30.3 Å². The second-order valence-corrected chi connectivity index (χ2v) is 7.95. The van der Waals surface area contributed by atoms with Gasteiger partial charge in [0.05, 0.1) is 29.5 Å². The molecule has 3 atom stereocenters. The summed E-state index contributed by atoms with van der Waals surface area (Å²) in [4.78, 5) is 33.7. The lowest BCUT2D eigenvalue weighted by Gasteiger charge is -2.28. The molecule has 8 heteroatoms. The average molecular weight is 453 g/mol. The van der Waals surface area contributed by atoms with Crippen molar-refractivity contribution in [3.8, 4) is 5.75 Å². The first-order chi connectivity index (χ1) is 15.5. The van der Waals surface area contributed by atoms with Gasteiger partial charge >= 0.3 is 0 Å². The fraction of sp³-hybridized carbons (Fsp3) is 0.167. The minimum absolute atomic E-state index is 0.0860. The third kappa shape index (κ3) is 3.21. The zero-order valence-electron chi connectivity index (χ0n) is 16.9. The van der Waals surface area contributed by atoms with Crippen LogP contribution in [0.3, 0.4) is 0 Å². The molecule has 3 aromatic carbocycles. The van der Waals surface area contributed by atoms with Gasteiger partial charge in [0.2, 0.25) is 5.91 Å². The lowest BCUT2D eigenvalue weighted by Crippen LogP contribution is -2.37. The summed E-state index contributed by atoms with van der Waals surface area (Å²) in [6.07, 6.45) is -1.03. The highest BCUT2D eigenvalue weighted by atomic mass is 35.5. The van der Waals surface area contributed by atoms with E-state index in [0.717, 1.165) is 16.5 Å². The molecule has 5 rings (SSSR count). The number of anilines is 2. The van der Waals surface area contributed by atoms with Gasteiger partial charge < -0.3 is 4.74 Å². The predicted molar refractivity (Wildman–Crippen MR) is 117 cm³/mol. The van der Waals surface area contributed by atoms with Crippen molar-refractivity contribution in [1.82, 2.24) is 0 Å². The molecule has 0 saturated carbocycles. The Morgan fingerprint density at radius 3 is 2.28 bits per heavy atom. The Labute approximate surface area is 188 Å². The predicted octanol–water partition coefficient (Wildman–Crippen LogP) is 4.54. The Hall–Kier alpha value is -3.42. The van der Waals surface area contributed by atoms with Gasteiger partial charge in [0, 0.05) is 0 Å². The van der Waals surface area contributed by atoms with Crippen LogP contribution in [0.4, 0.5) is 15.8 Å². The van der Waals surface area contributed by atoms with Crippen molar-refractivity contribution >= 4 is 34.8 Å². The number of methoxy groups -OCH3 is 1. The molecule has 0 spiro atoms. The topological polar surface area (TPSA) is 59.1 Å². The highest BCUT2D eigenvalue weighted by molar-refractivity contribution is 6.31. The number of imide groups is 1. The Bertz CT molecular complexity index is 1190. The van der Waals surface area contributed by atoms with Crippen LogP contribution in [0.2, 0.25) is 5.02 Å². The number of fused-ring (bicyclic) bond motifs is 1. The maximum absolute atomic E-state index is 14.0. The summed E-state index contributed by atoms with van der Waals surface area (Å²) >= 11 is 5.76. The summed E-state index contributed by atoms with van der Waals surface area (Å²) in [5, 5.41) is 1.51. The van der Waals surface area contributed by atoms with Crippen molar-refractivity contribution in [3.05, 3.63) is 89.2 Å². The number of hydrogen-bond donors (Lipinski definition) is 0. The molecule has 2 saturated heterocycles. The van der Waals surface area contributed by atoms with Gasteiger partial charge in [0.25, 0.3) is 5.91 Å². The van der Waals surface area contributed by atoms with E-state index in [1.165, 1.54) is 12.1 Å². The molecular weight excluding hydrogens is 435 g/mol. The first-order valence-corrected chi connectivity index (χ1v) is 10.4. The number of hydrogen-bond acceptors (Lipinski definition) is 5. The van der Waals surface area contributed by atoms with Crippen molar-refractivity contribution in [2.75, 3.05) is 17.1 Å². The molecule has 2 heterocycles. The second-order valence-electron chi connectivity index (χ2n) is 7.54. The van der Waals surface area contributed by atoms with Crippen LogP contribution in [0.5, 0.6) is 5.75 Å². The summed E-state index contributed by atoms with van der Waals surface area (Å²) in [7, 11) is 1.57. The molecule has 2 aliphatic rings. The van der Waals surface area contributed by atoms with Crippen LogP contribution >= 0.6 is 11.6 Å². The lowest BCUT2D eigenvalue weighted by molar-refractivity contribution is -0.126. The fourth-order valence-electron chi connectivity index (χ4n) is 4.24. The normalized spacial score (nSPS) is 22.4. The Balaban J connectivity index is 1.56. The molecule has 0 bridgehead atoms. The number of halogens is 2. The monoisotopic (exact) mass is 452 g/mol. The zero-order chi connectivity index (χ0) is 22.4. The minimum atomic E-state index is -1.03. The summed E-state index contributed by atoms with van der Waals surface area (Å²) in [6.45, 7) is 0. The second kappa shape index (κ2) is 7.93. The van der Waals surface area contributed by atoms with E-state index >= 15 is 0 Å². The largest absolute Gasteiger partial charge is 0.497 e. The van der Waals surface area contributed by atoms with Crippen LogP contribution in [0.1, 0.15) is 11.6 Å². The number of carbonyl (C=O) groups excluding carboxylic acids is 2. The zero-order valence-corrected chi connectivity index (χ0v) is 17.7. The van der Waals surface area contributed by atoms with E-state index in [9.17, 15) is 14.0 Å². The molecule has 2 amide bonds. The highest BCUT2D eigenvalue weighted by Crippen LogP contribution is 2.47. The lowest BCUT2D eigenvalue weighted by atomic mass is 9.90. The molecule has 162 valence electrons. The Morgan fingerprint density at radius 2 is 1.62 bits per heavy atom. The van der Waals surface area contributed by atoms with Crippen molar-refractivity contribution in [2.24, 2.45) is 5.92 Å². The number of carbonyl (C=O) groups is 2. The summed E-state index contributed by atoms with van der Waals surface area (Å²) in [6, 6.07) is 19.8. The van der Waals surface area contributed by atoms with Gasteiger partial charge in [-0.25, -0.2) is 14.4 Å². The van der Waals surface area contributed by atoms with Crippen LogP contribution in [0.15, 0.2) is 72.8 Å². The summed E-state index contributed by atoms with van der Waals surface area (Å²) < 4.78 is 19.3. The standard InChI is InChI=1S/C24H18ClFN2O4/c1-31-17-10-7-15(8-11-17)28-21(14-5-3-2-4-6-14)20-22(32-28)24(30)27(23(20)29)16-9-12-18(25)19(26)13-16/h2-13,20-22H,1H3. The molecule has 0 aromatic heterocycles. The van der Waals surface area contributed by atoms with E-state index in [-0.39, 0.29) is 10.7 Å². The third-order valence-corrected chi connectivity index (χ3v) is 6.05. The number of ether oxygens (including phenoxy) is 1. The van der Waals surface area contributed by atoms with Gasteiger partial charge in [-0.2, -0.15) is 0 Å². The van der Waals surface area contributed by atoms with E-state index in [4.69, 9.17) is 21.2 Å². The van der Waals surface area contributed by atoms with E-state index in [2.05, 4.69) is 0 Å². The molecule has 3 unspecified atom stereocenters. The van der Waals surface area contributed by atoms with Gasteiger partial charge in [-0.1, -0.05) is 41.9 Å². The molecule has 2 fully saturated rings. The SMILES string of the molecule is COc1ccc(N2OC3C(=O)N(c4ccc(Cl)c(F)c4)C(=O)C3C2c2ccccc2)cc1. The number of nitrogens with zero attached hydrogens (tertiary/aromatic N) is 2. The molecule has 0 radical (unpaired) electrons. The first-order valence-electron chi connectivity index (χ1n) is 9.97. The number of amides is 2. The molecule has 2 aliphatic heterocycles. The smallest absolute Gasteiger partial charge is 0.266 e.